The van der Waals surface area contributed by atoms with Crippen LogP contribution in [0.15, 0.2) is 0 Å². The van der Waals surface area contributed by atoms with Crippen molar-refractivity contribution in [1.82, 2.24) is 15.5 Å². The maximum absolute atomic E-state index is 12.3. The topological polar surface area (TPSA) is 44.4 Å². The summed E-state index contributed by atoms with van der Waals surface area (Å²) in [5.74, 6) is 3.15. The Bertz CT molecular complexity index is 332. The van der Waals surface area contributed by atoms with Crippen molar-refractivity contribution >= 4 is 17.7 Å². The van der Waals surface area contributed by atoms with Crippen molar-refractivity contribution in [3.8, 4) is 0 Å². The second kappa shape index (κ2) is 7.84. The van der Waals surface area contributed by atoms with Crippen LogP contribution in [-0.2, 0) is 4.79 Å². The van der Waals surface area contributed by atoms with Crippen molar-refractivity contribution in [3.05, 3.63) is 0 Å². The fourth-order valence-corrected chi connectivity index (χ4v) is 4.94. The monoisotopic (exact) mass is 311 g/mol. The summed E-state index contributed by atoms with van der Waals surface area (Å²) in [4.78, 5) is 15.0. The molecular weight excluding hydrogens is 282 g/mol. The molecule has 0 aromatic rings. The van der Waals surface area contributed by atoms with Crippen molar-refractivity contribution in [2.45, 2.75) is 50.6 Å². The number of piperidine rings is 2. The highest BCUT2D eigenvalue weighted by Crippen LogP contribution is 2.24. The minimum atomic E-state index is 0.201. The first-order chi connectivity index (χ1) is 10.3. The van der Waals surface area contributed by atoms with Crippen LogP contribution in [0.2, 0.25) is 0 Å². The summed E-state index contributed by atoms with van der Waals surface area (Å²) >= 11 is 2.10. The highest BCUT2D eigenvalue weighted by Gasteiger charge is 2.28. The molecule has 2 N–H and O–H groups in total. The van der Waals surface area contributed by atoms with Crippen molar-refractivity contribution in [2.75, 3.05) is 37.7 Å². The van der Waals surface area contributed by atoms with Crippen LogP contribution in [0.1, 0.15) is 38.5 Å². The Morgan fingerprint density at radius 3 is 2.52 bits per heavy atom. The van der Waals surface area contributed by atoms with E-state index >= 15 is 0 Å². The first kappa shape index (κ1) is 15.6. The molecule has 1 amide bonds. The normalized spacial score (nSPS) is 30.2. The molecule has 0 bridgehead atoms. The molecule has 4 nitrogen and oxygen atoms in total. The minimum absolute atomic E-state index is 0.201. The zero-order valence-electron chi connectivity index (χ0n) is 13.0. The predicted molar refractivity (Wildman–Crippen MR) is 88.7 cm³/mol. The average molecular weight is 311 g/mol. The molecule has 120 valence electrons. The van der Waals surface area contributed by atoms with Gasteiger partial charge in [0, 0.05) is 31.7 Å². The Hall–Kier alpha value is -0.260. The van der Waals surface area contributed by atoms with Gasteiger partial charge in [0.25, 0.3) is 0 Å². The molecule has 3 aliphatic rings. The number of nitrogens with one attached hydrogen (secondary N) is 2. The van der Waals surface area contributed by atoms with Gasteiger partial charge < -0.3 is 15.5 Å². The summed E-state index contributed by atoms with van der Waals surface area (Å²) in [5, 5.41) is 6.63. The van der Waals surface area contributed by atoms with Crippen molar-refractivity contribution in [2.24, 2.45) is 5.92 Å². The molecular formula is C16H29N3OS. The van der Waals surface area contributed by atoms with E-state index < -0.39 is 0 Å². The highest BCUT2D eigenvalue weighted by molar-refractivity contribution is 7.99. The third kappa shape index (κ3) is 4.36. The maximum atomic E-state index is 12.3. The molecule has 1 atom stereocenters. The van der Waals surface area contributed by atoms with Crippen molar-refractivity contribution in [3.63, 3.8) is 0 Å². The van der Waals surface area contributed by atoms with Crippen molar-refractivity contribution < 1.29 is 4.79 Å². The Balaban J connectivity index is 1.39. The molecule has 0 spiro atoms. The first-order valence-corrected chi connectivity index (χ1v) is 9.81. The van der Waals surface area contributed by atoms with Crippen LogP contribution >= 0.6 is 11.8 Å². The minimum Gasteiger partial charge on any atom is -0.353 e. The Morgan fingerprint density at radius 1 is 1.10 bits per heavy atom. The smallest absolute Gasteiger partial charge is 0.224 e. The van der Waals surface area contributed by atoms with Gasteiger partial charge in [-0.2, -0.15) is 11.8 Å². The predicted octanol–water partition coefficient (Wildman–Crippen LogP) is 1.46. The molecule has 0 saturated carbocycles. The molecule has 0 aliphatic carbocycles. The second-order valence-electron chi connectivity index (χ2n) is 6.71. The highest BCUT2D eigenvalue weighted by atomic mass is 32.2. The summed E-state index contributed by atoms with van der Waals surface area (Å²) in [6.07, 6.45) is 7.17. The first-order valence-electron chi connectivity index (χ1n) is 8.66. The molecule has 0 radical (unpaired) electrons. The van der Waals surface area contributed by atoms with Crippen LogP contribution in [-0.4, -0.2) is 60.6 Å². The molecule has 3 aliphatic heterocycles. The molecule has 3 saturated heterocycles. The lowest BCUT2D eigenvalue weighted by atomic mass is 9.96. The van der Waals surface area contributed by atoms with Crippen LogP contribution in [0, 0.1) is 5.92 Å². The molecule has 3 heterocycles. The third-order valence-electron chi connectivity index (χ3n) is 5.25. The van der Waals surface area contributed by atoms with Gasteiger partial charge in [0.2, 0.25) is 5.91 Å². The lowest BCUT2D eigenvalue weighted by Crippen LogP contribution is -2.51. The summed E-state index contributed by atoms with van der Waals surface area (Å²) in [6.45, 7) is 4.28. The van der Waals surface area contributed by atoms with Gasteiger partial charge in [0.15, 0.2) is 0 Å². The fourth-order valence-electron chi connectivity index (χ4n) is 3.85. The Morgan fingerprint density at radius 2 is 1.86 bits per heavy atom. The zero-order chi connectivity index (χ0) is 14.5. The van der Waals surface area contributed by atoms with Crippen LogP contribution in [0.4, 0.5) is 0 Å². The summed E-state index contributed by atoms with van der Waals surface area (Å²) in [5.41, 5.74) is 0. The summed E-state index contributed by atoms with van der Waals surface area (Å²) in [6, 6.07) is 1.22. The number of rotatable bonds is 3. The molecule has 0 unspecified atom stereocenters. The average Bonchev–Trinajstić information content (AvgIpc) is 2.57. The Kier molecular flexibility index (Phi) is 5.83. The van der Waals surface area contributed by atoms with Crippen LogP contribution < -0.4 is 10.6 Å². The van der Waals surface area contributed by atoms with E-state index in [2.05, 4.69) is 27.3 Å². The van der Waals surface area contributed by atoms with E-state index in [1.807, 2.05) is 0 Å². The fraction of sp³-hybridized carbons (Fsp3) is 0.938. The standard InChI is InChI=1S/C16H29N3OS/c20-16(13-2-1-7-17-12-13)18-14-3-8-19(9-4-14)15-5-10-21-11-6-15/h13-15,17H,1-12H2,(H,18,20)/t13-/m1/s1. The number of hydrogen-bond acceptors (Lipinski definition) is 4. The van der Waals surface area contributed by atoms with Crippen LogP contribution in [0.25, 0.3) is 0 Å². The van der Waals surface area contributed by atoms with E-state index in [0.29, 0.717) is 6.04 Å². The molecule has 5 heteroatoms. The van der Waals surface area contributed by atoms with E-state index in [-0.39, 0.29) is 11.8 Å². The third-order valence-corrected chi connectivity index (χ3v) is 6.30. The molecule has 0 aromatic carbocycles. The number of carbonyl (C=O) groups is 1. The lowest BCUT2D eigenvalue weighted by molar-refractivity contribution is -0.126. The number of hydrogen-bond donors (Lipinski definition) is 2. The Labute approximate surface area is 132 Å². The molecule has 3 rings (SSSR count). The number of amides is 1. The quantitative estimate of drug-likeness (QED) is 0.828. The van der Waals surface area contributed by atoms with E-state index in [1.54, 1.807) is 0 Å². The number of thioether (sulfide) groups is 1. The SMILES string of the molecule is O=C(NC1CCN(C2CCSCC2)CC1)[C@@H]1CCCNC1. The van der Waals surface area contributed by atoms with Crippen LogP contribution in [0.3, 0.4) is 0 Å². The summed E-state index contributed by atoms with van der Waals surface area (Å²) in [7, 11) is 0. The van der Waals surface area contributed by atoms with Gasteiger partial charge in [0.1, 0.15) is 0 Å². The van der Waals surface area contributed by atoms with E-state index in [0.717, 1.165) is 44.8 Å². The van der Waals surface area contributed by atoms with Gasteiger partial charge in [-0.05, 0) is 56.6 Å². The van der Waals surface area contributed by atoms with Gasteiger partial charge in [0.05, 0.1) is 5.92 Å². The van der Waals surface area contributed by atoms with Gasteiger partial charge in [-0.1, -0.05) is 0 Å². The van der Waals surface area contributed by atoms with E-state index in [9.17, 15) is 4.79 Å². The van der Waals surface area contributed by atoms with Crippen LogP contribution in [0.5, 0.6) is 0 Å². The van der Waals surface area contributed by atoms with Crippen molar-refractivity contribution in [1.29, 1.82) is 0 Å². The molecule has 3 fully saturated rings. The maximum Gasteiger partial charge on any atom is 0.224 e. The summed E-state index contributed by atoms with van der Waals surface area (Å²) < 4.78 is 0. The second-order valence-corrected chi connectivity index (χ2v) is 7.93. The van der Waals surface area contributed by atoms with Gasteiger partial charge in [-0.25, -0.2) is 0 Å². The lowest BCUT2D eigenvalue weighted by Gasteiger charge is -2.39. The van der Waals surface area contributed by atoms with Gasteiger partial charge in [-0.3, -0.25) is 4.79 Å². The zero-order valence-corrected chi connectivity index (χ0v) is 13.8. The molecule has 21 heavy (non-hydrogen) atoms. The van der Waals surface area contributed by atoms with Gasteiger partial charge in [-0.15, -0.1) is 0 Å². The number of nitrogens with zero attached hydrogens (tertiary/aromatic N) is 1. The van der Waals surface area contributed by atoms with E-state index in [4.69, 9.17) is 0 Å². The van der Waals surface area contributed by atoms with Gasteiger partial charge >= 0.3 is 0 Å². The molecule has 0 aromatic heterocycles. The largest absolute Gasteiger partial charge is 0.353 e. The number of carbonyl (C=O) groups excluding carboxylic acids is 1. The number of likely N-dealkylation sites (tertiary alicyclic amines) is 1. The van der Waals surface area contributed by atoms with E-state index in [1.165, 1.54) is 37.4 Å².